The van der Waals surface area contributed by atoms with E-state index in [0.717, 1.165) is 5.56 Å². The second-order valence-corrected chi connectivity index (χ2v) is 8.49. The van der Waals surface area contributed by atoms with Gasteiger partial charge in [0.05, 0.1) is 4.90 Å². The van der Waals surface area contributed by atoms with Crippen molar-refractivity contribution in [2.24, 2.45) is 0 Å². The van der Waals surface area contributed by atoms with E-state index in [-0.39, 0.29) is 24.0 Å². The molecule has 148 valence electrons. The molecular weight excluding hydrogens is 378 g/mol. The number of carbonyl (C=O) groups excluding carboxylic acids is 2. The number of nitrogens with zero attached hydrogens (tertiary/aromatic N) is 1. The molecule has 1 aliphatic rings. The maximum absolute atomic E-state index is 12.8. The van der Waals surface area contributed by atoms with E-state index >= 15 is 0 Å². The van der Waals surface area contributed by atoms with Crippen molar-refractivity contribution in [3.63, 3.8) is 0 Å². The summed E-state index contributed by atoms with van der Waals surface area (Å²) in [4.78, 5) is 24.3. The Hall–Kier alpha value is -2.71. The summed E-state index contributed by atoms with van der Waals surface area (Å²) in [6, 6.07) is 17.1. The predicted octanol–water partition coefficient (Wildman–Crippen LogP) is 1.27. The zero-order valence-corrected chi connectivity index (χ0v) is 16.2. The summed E-state index contributed by atoms with van der Waals surface area (Å²) in [5.41, 5.74) is 0.888. The fraction of sp³-hybridized carbons (Fsp3) is 0.300. The molecule has 0 bridgehead atoms. The van der Waals surface area contributed by atoms with Gasteiger partial charge in [-0.15, -0.1) is 0 Å². The van der Waals surface area contributed by atoms with Crippen LogP contribution < -0.4 is 10.6 Å². The second kappa shape index (κ2) is 8.99. The Morgan fingerprint density at radius 1 is 0.929 bits per heavy atom. The van der Waals surface area contributed by atoms with Crippen molar-refractivity contribution >= 4 is 21.8 Å². The van der Waals surface area contributed by atoms with Crippen molar-refractivity contribution in [1.29, 1.82) is 0 Å². The van der Waals surface area contributed by atoms with Crippen molar-refractivity contribution < 1.29 is 18.0 Å². The lowest BCUT2D eigenvalue weighted by atomic mass is 10.2. The number of sulfonamides is 1. The predicted molar refractivity (Wildman–Crippen MR) is 105 cm³/mol. The lowest BCUT2D eigenvalue weighted by Gasteiger charge is -2.24. The third-order valence-electron chi connectivity index (χ3n) is 4.67. The van der Waals surface area contributed by atoms with E-state index in [1.54, 1.807) is 30.3 Å². The van der Waals surface area contributed by atoms with E-state index in [4.69, 9.17) is 0 Å². The normalized spacial score (nSPS) is 17.2. The van der Waals surface area contributed by atoms with Gasteiger partial charge in [-0.05, 0) is 30.5 Å². The zero-order chi connectivity index (χ0) is 20.0. The van der Waals surface area contributed by atoms with E-state index in [0.29, 0.717) is 19.4 Å². The van der Waals surface area contributed by atoms with Crippen molar-refractivity contribution in [2.75, 3.05) is 13.1 Å². The van der Waals surface area contributed by atoms with E-state index < -0.39 is 21.8 Å². The summed E-state index contributed by atoms with van der Waals surface area (Å²) in [6.45, 7) is 0.757. The van der Waals surface area contributed by atoms with E-state index in [9.17, 15) is 18.0 Å². The second-order valence-electron chi connectivity index (χ2n) is 6.60. The fourth-order valence-electron chi connectivity index (χ4n) is 3.21. The van der Waals surface area contributed by atoms with Crippen LogP contribution in [-0.4, -0.2) is 43.7 Å². The monoisotopic (exact) mass is 401 g/mol. The van der Waals surface area contributed by atoms with Gasteiger partial charge in [-0.1, -0.05) is 48.5 Å². The SMILES string of the molecule is O=C(NCc1ccccc1)C(=O)NC[C@H]1CCCN1S(=O)(=O)c1ccccc1. The highest BCUT2D eigenvalue weighted by Gasteiger charge is 2.35. The lowest BCUT2D eigenvalue weighted by Crippen LogP contribution is -2.46. The minimum absolute atomic E-state index is 0.101. The van der Waals surface area contributed by atoms with Gasteiger partial charge in [-0.2, -0.15) is 4.31 Å². The number of amides is 2. The maximum Gasteiger partial charge on any atom is 0.309 e. The molecule has 2 aromatic carbocycles. The lowest BCUT2D eigenvalue weighted by molar-refractivity contribution is -0.139. The van der Waals surface area contributed by atoms with Crippen LogP contribution in [0.15, 0.2) is 65.6 Å². The van der Waals surface area contributed by atoms with Crippen molar-refractivity contribution in [3.05, 3.63) is 66.2 Å². The van der Waals surface area contributed by atoms with Gasteiger partial charge in [0.2, 0.25) is 10.0 Å². The molecule has 0 unspecified atom stereocenters. The van der Waals surface area contributed by atoms with Crippen molar-refractivity contribution in [3.8, 4) is 0 Å². The molecule has 8 heteroatoms. The van der Waals surface area contributed by atoms with Crippen LogP contribution in [0.2, 0.25) is 0 Å². The van der Waals surface area contributed by atoms with Gasteiger partial charge in [0.15, 0.2) is 0 Å². The Bertz CT molecular complexity index is 917. The quantitative estimate of drug-likeness (QED) is 0.713. The van der Waals surface area contributed by atoms with Crippen LogP contribution in [0.25, 0.3) is 0 Å². The summed E-state index contributed by atoms with van der Waals surface area (Å²) in [5.74, 6) is -1.50. The summed E-state index contributed by atoms with van der Waals surface area (Å²) >= 11 is 0. The molecule has 2 N–H and O–H groups in total. The molecule has 2 aromatic rings. The molecule has 3 rings (SSSR count). The van der Waals surface area contributed by atoms with Gasteiger partial charge in [0, 0.05) is 25.7 Å². The molecule has 1 saturated heterocycles. The summed E-state index contributed by atoms with van der Waals surface area (Å²) < 4.78 is 27.0. The third-order valence-corrected chi connectivity index (χ3v) is 6.64. The molecule has 0 spiro atoms. The largest absolute Gasteiger partial charge is 0.346 e. The molecule has 1 aliphatic heterocycles. The van der Waals surface area contributed by atoms with E-state index in [2.05, 4.69) is 10.6 Å². The van der Waals surface area contributed by atoms with Crippen LogP contribution >= 0.6 is 0 Å². The van der Waals surface area contributed by atoms with Crippen LogP contribution in [0.5, 0.6) is 0 Å². The highest BCUT2D eigenvalue weighted by molar-refractivity contribution is 7.89. The number of carbonyl (C=O) groups is 2. The van der Waals surface area contributed by atoms with Crippen LogP contribution in [0, 0.1) is 0 Å². The van der Waals surface area contributed by atoms with Crippen LogP contribution in [0.3, 0.4) is 0 Å². The standard InChI is InChI=1S/C20H23N3O4S/c24-19(21-14-16-8-3-1-4-9-16)20(25)22-15-17-10-7-13-23(17)28(26,27)18-11-5-2-6-12-18/h1-6,8-9,11-12,17H,7,10,13-15H2,(H,21,24)(H,22,25)/t17-/m1/s1. The molecule has 28 heavy (non-hydrogen) atoms. The molecule has 2 amide bonds. The first kappa shape index (κ1) is 20.0. The smallest absolute Gasteiger partial charge is 0.309 e. The van der Waals surface area contributed by atoms with Gasteiger partial charge in [-0.3, -0.25) is 9.59 Å². The van der Waals surface area contributed by atoms with Gasteiger partial charge in [-0.25, -0.2) is 8.42 Å². The molecule has 1 heterocycles. The van der Waals surface area contributed by atoms with Crippen molar-refractivity contribution in [1.82, 2.24) is 14.9 Å². The Balaban J connectivity index is 1.54. The Morgan fingerprint density at radius 2 is 1.54 bits per heavy atom. The molecule has 0 aliphatic carbocycles. The number of hydrogen-bond acceptors (Lipinski definition) is 4. The van der Waals surface area contributed by atoms with Crippen LogP contribution in [0.4, 0.5) is 0 Å². The summed E-state index contributed by atoms with van der Waals surface area (Å²) in [5, 5.41) is 5.12. The molecule has 0 radical (unpaired) electrons. The van der Waals surface area contributed by atoms with E-state index in [1.807, 2.05) is 30.3 Å². The highest BCUT2D eigenvalue weighted by atomic mass is 32.2. The average Bonchev–Trinajstić information content (AvgIpc) is 3.21. The first-order valence-corrected chi connectivity index (χ1v) is 10.6. The Morgan fingerprint density at radius 3 is 2.21 bits per heavy atom. The first-order chi connectivity index (χ1) is 13.5. The molecule has 1 atom stereocenters. The molecule has 1 fully saturated rings. The average molecular weight is 401 g/mol. The summed E-state index contributed by atoms with van der Waals surface area (Å²) in [6.07, 6.45) is 1.35. The fourth-order valence-corrected chi connectivity index (χ4v) is 4.92. The molecule has 0 saturated carbocycles. The topological polar surface area (TPSA) is 95.6 Å². The Labute approximate surface area is 164 Å². The number of benzene rings is 2. The van der Waals surface area contributed by atoms with Crippen LogP contribution in [0.1, 0.15) is 18.4 Å². The number of nitrogens with one attached hydrogen (secondary N) is 2. The molecule has 7 nitrogen and oxygen atoms in total. The third kappa shape index (κ3) is 4.76. The highest BCUT2D eigenvalue weighted by Crippen LogP contribution is 2.25. The van der Waals surface area contributed by atoms with Gasteiger partial charge in [0.1, 0.15) is 0 Å². The molecule has 0 aromatic heterocycles. The van der Waals surface area contributed by atoms with Gasteiger partial charge in [0.25, 0.3) is 0 Å². The Kier molecular flexibility index (Phi) is 6.43. The minimum Gasteiger partial charge on any atom is -0.346 e. The van der Waals surface area contributed by atoms with Gasteiger partial charge < -0.3 is 10.6 Å². The number of hydrogen-bond donors (Lipinski definition) is 2. The first-order valence-electron chi connectivity index (χ1n) is 9.15. The zero-order valence-electron chi connectivity index (χ0n) is 15.4. The van der Waals surface area contributed by atoms with E-state index in [1.165, 1.54) is 4.31 Å². The van der Waals surface area contributed by atoms with Crippen molar-refractivity contribution in [2.45, 2.75) is 30.3 Å². The molecular formula is C20H23N3O4S. The van der Waals surface area contributed by atoms with Gasteiger partial charge >= 0.3 is 11.8 Å². The maximum atomic E-state index is 12.8. The minimum atomic E-state index is -3.62. The summed E-state index contributed by atoms with van der Waals surface area (Å²) in [7, 11) is -3.62. The van der Waals surface area contributed by atoms with Crippen LogP contribution in [-0.2, 0) is 26.2 Å². The number of rotatable bonds is 6.